The molecule has 2 heterocycles. The Labute approximate surface area is 194 Å². The Balaban J connectivity index is 1.53. The zero-order chi connectivity index (χ0) is 23.4. The molecule has 3 amide bonds. The van der Waals surface area contributed by atoms with Gasteiger partial charge in [-0.05, 0) is 26.7 Å². The molecular formula is C24H33N3O6. The van der Waals surface area contributed by atoms with Crippen LogP contribution in [0.4, 0.5) is 11.4 Å². The van der Waals surface area contributed by atoms with Crippen LogP contribution >= 0.6 is 0 Å². The zero-order valence-corrected chi connectivity index (χ0v) is 19.4. The number of benzene rings is 1. The lowest BCUT2D eigenvalue weighted by Gasteiger charge is -2.31. The molecule has 3 fully saturated rings. The zero-order valence-electron chi connectivity index (χ0n) is 19.4. The molecule has 1 aromatic carbocycles. The van der Waals surface area contributed by atoms with Crippen LogP contribution in [0.5, 0.6) is 11.5 Å². The van der Waals surface area contributed by atoms with Crippen LogP contribution in [-0.2, 0) is 19.1 Å². The number of hydrogen-bond acceptors (Lipinski definition) is 7. The van der Waals surface area contributed by atoms with Gasteiger partial charge < -0.3 is 24.4 Å². The van der Waals surface area contributed by atoms with Crippen molar-refractivity contribution in [3.05, 3.63) is 12.1 Å². The molecule has 1 aliphatic carbocycles. The van der Waals surface area contributed by atoms with Crippen molar-refractivity contribution >= 4 is 29.1 Å². The highest BCUT2D eigenvalue weighted by Gasteiger charge is 2.48. The molecule has 0 spiro atoms. The number of carbonyl (C=O) groups excluding carboxylic acids is 3. The van der Waals surface area contributed by atoms with E-state index in [2.05, 4.69) is 10.2 Å². The number of anilines is 2. The number of ether oxygens (including phenoxy) is 3. The SMILES string of the molecule is CCOc1cc(N2CCOCC2)c(OCC)cc1NC(=O)CN1C(=O)C2CCCCC2C1=O. The average Bonchev–Trinajstić information content (AvgIpc) is 3.06. The fourth-order valence-electron chi connectivity index (χ4n) is 4.96. The van der Waals surface area contributed by atoms with E-state index in [9.17, 15) is 14.4 Å². The molecule has 9 heteroatoms. The van der Waals surface area contributed by atoms with Crippen molar-refractivity contribution in [1.29, 1.82) is 0 Å². The predicted molar refractivity (Wildman–Crippen MR) is 123 cm³/mol. The second kappa shape index (κ2) is 10.4. The van der Waals surface area contributed by atoms with Crippen molar-refractivity contribution in [1.82, 2.24) is 4.90 Å². The smallest absolute Gasteiger partial charge is 0.244 e. The van der Waals surface area contributed by atoms with Crippen LogP contribution < -0.4 is 19.7 Å². The Morgan fingerprint density at radius 2 is 1.61 bits per heavy atom. The van der Waals surface area contributed by atoms with E-state index in [-0.39, 0.29) is 30.2 Å². The number of fused-ring (bicyclic) bond motifs is 1. The summed E-state index contributed by atoms with van der Waals surface area (Å²) in [4.78, 5) is 41.7. The third-order valence-electron chi connectivity index (χ3n) is 6.52. The van der Waals surface area contributed by atoms with Gasteiger partial charge in [0.05, 0.1) is 49.6 Å². The first-order chi connectivity index (χ1) is 16.0. The minimum atomic E-state index is -0.433. The molecule has 0 radical (unpaired) electrons. The number of nitrogens with zero attached hydrogens (tertiary/aromatic N) is 2. The third kappa shape index (κ3) is 4.93. The van der Waals surface area contributed by atoms with Gasteiger partial charge in [-0.3, -0.25) is 19.3 Å². The predicted octanol–water partition coefficient (Wildman–Crippen LogP) is 2.43. The maximum atomic E-state index is 12.9. The van der Waals surface area contributed by atoms with Crippen LogP contribution in [0.1, 0.15) is 39.5 Å². The van der Waals surface area contributed by atoms with Crippen molar-refractivity contribution in [3.8, 4) is 11.5 Å². The van der Waals surface area contributed by atoms with Crippen molar-refractivity contribution < 1.29 is 28.6 Å². The molecule has 1 saturated carbocycles. The highest BCUT2D eigenvalue weighted by Crippen LogP contribution is 2.40. The Hall–Kier alpha value is -2.81. The van der Waals surface area contributed by atoms with Crippen molar-refractivity contribution in [2.45, 2.75) is 39.5 Å². The van der Waals surface area contributed by atoms with Gasteiger partial charge in [-0.15, -0.1) is 0 Å². The van der Waals surface area contributed by atoms with E-state index in [1.54, 1.807) is 6.07 Å². The molecule has 1 aromatic rings. The summed E-state index contributed by atoms with van der Waals surface area (Å²) in [5, 5.41) is 2.84. The number of hydrogen-bond donors (Lipinski definition) is 1. The summed E-state index contributed by atoms with van der Waals surface area (Å²) < 4.78 is 17.1. The molecule has 4 rings (SSSR count). The summed E-state index contributed by atoms with van der Waals surface area (Å²) >= 11 is 0. The first-order valence-electron chi connectivity index (χ1n) is 11.9. The summed E-state index contributed by atoms with van der Waals surface area (Å²) in [5.74, 6) is -0.255. The molecule has 33 heavy (non-hydrogen) atoms. The lowest BCUT2D eigenvalue weighted by Crippen LogP contribution is -2.38. The number of imide groups is 1. The van der Waals surface area contributed by atoms with E-state index in [0.717, 1.165) is 49.4 Å². The number of amides is 3. The quantitative estimate of drug-likeness (QED) is 0.597. The summed E-state index contributed by atoms with van der Waals surface area (Å²) in [6, 6.07) is 3.63. The minimum absolute atomic E-state index is 0.220. The van der Waals surface area contributed by atoms with Gasteiger partial charge in [0.25, 0.3) is 0 Å². The lowest BCUT2D eigenvalue weighted by molar-refractivity contribution is -0.142. The van der Waals surface area contributed by atoms with Gasteiger partial charge in [0, 0.05) is 25.2 Å². The molecule has 2 saturated heterocycles. The highest BCUT2D eigenvalue weighted by atomic mass is 16.5. The van der Waals surface area contributed by atoms with E-state index >= 15 is 0 Å². The fraction of sp³-hybridized carbons (Fsp3) is 0.625. The van der Waals surface area contributed by atoms with Gasteiger partial charge >= 0.3 is 0 Å². The van der Waals surface area contributed by atoms with Crippen molar-refractivity contribution in [2.24, 2.45) is 11.8 Å². The second-order valence-electron chi connectivity index (χ2n) is 8.59. The molecule has 180 valence electrons. The summed E-state index contributed by atoms with van der Waals surface area (Å²) in [7, 11) is 0. The molecule has 1 N–H and O–H groups in total. The molecular weight excluding hydrogens is 426 g/mol. The Kier molecular flexibility index (Phi) is 7.37. The summed E-state index contributed by atoms with van der Waals surface area (Å²) in [5.41, 5.74) is 1.34. The molecule has 3 aliphatic rings. The summed E-state index contributed by atoms with van der Waals surface area (Å²) in [6.45, 7) is 7.12. The number of likely N-dealkylation sites (tertiary alicyclic amines) is 1. The van der Waals surface area contributed by atoms with E-state index in [1.807, 2.05) is 19.9 Å². The highest BCUT2D eigenvalue weighted by molar-refractivity contribution is 6.09. The normalized spacial score (nSPS) is 22.8. The molecule has 9 nitrogen and oxygen atoms in total. The van der Waals surface area contributed by atoms with Crippen LogP contribution in [0.3, 0.4) is 0 Å². The van der Waals surface area contributed by atoms with Crippen LogP contribution in [0.15, 0.2) is 12.1 Å². The maximum Gasteiger partial charge on any atom is 0.244 e. The molecule has 2 aliphatic heterocycles. The van der Waals surface area contributed by atoms with Gasteiger partial charge in [0.15, 0.2) is 0 Å². The van der Waals surface area contributed by atoms with E-state index < -0.39 is 5.91 Å². The summed E-state index contributed by atoms with van der Waals surface area (Å²) in [6.07, 6.45) is 3.35. The lowest BCUT2D eigenvalue weighted by atomic mass is 9.81. The third-order valence-corrected chi connectivity index (χ3v) is 6.52. The number of rotatable bonds is 8. The van der Waals surface area contributed by atoms with E-state index in [1.165, 1.54) is 0 Å². The molecule has 2 unspecified atom stereocenters. The Bertz CT molecular complexity index is 874. The van der Waals surface area contributed by atoms with E-state index in [0.29, 0.717) is 43.6 Å². The molecule has 0 bridgehead atoms. The standard InChI is InChI=1S/C24H33N3O6/c1-3-32-20-14-19(26-9-11-31-12-10-26)21(33-4-2)13-18(20)25-22(28)15-27-23(29)16-7-5-6-8-17(16)24(27)30/h13-14,16-17H,3-12,15H2,1-2H3,(H,25,28). The molecule has 2 atom stereocenters. The maximum absolute atomic E-state index is 12.9. The average molecular weight is 460 g/mol. The van der Waals surface area contributed by atoms with Gasteiger partial charge in [0.2, 0.25) is 17.7 Å². The largest absolute Gasteiger partial charge is 0.492 e. The van der Waals surface area contributed by atoms with Gasteiger partial charge in [-0.25, -0.2) is 0 Å². The fourth-order valence-corrected chi connectivity index (χ4v) is 4.96. The number of carbonyl (C=O) groups is 3. The van der Waals surface area contributed by atoms with Crippen LogP contribution in [0.2, 0.25) is 0 Å². The Morgan fingerprint density at radius 1 is 1.00 bits per heavy atom. The van der Waals surface area contributed by atoms with Crippen molar-refractivity contribution in [2.75, 3.05) is 56.3 Å². The van der Waals surface area contributed by atoms with Crippen LogP contribution in [0.25, 0.3) is 0 Å². The van der Waals surface area contributed by atoms with Gasteiger partial charge in [-0.1, -0.05) is 12.8 Å². The first kappa shape index (κ1) is 23.4. The topological polar surface area (TPSA) is 97.4 Å². The number of morpholine rings is 1. The van der Waals surface area contributed by atoms with Gasteiger partial charge in [0.1, 0.15) is 18.0 Å². The second-order valence-corrected chi connectivity index (χ2v) is 8.59. The van der Waals surface area contributed by atoms with Crippen molar-refractivity contribution in [3.63, 3.8) is 0 Å². The van der Waals surface area contributed by atoms with E-state index in [4.69, 9.17) is 14.2 Å². The van der Waals surface area contributed by atoms with Crippen LogP contribution in [-0.4, -0.2) is 68.7 Å². The Morgan fingerprint density at radius 3 is 2.21 bits per heavy atom. The molecule has 0 aromatic heterocycles. The minimum Gasteiger partial charge on any atom is -0.492 e. The monoisotopic (exact) mass is 459 g/mol. The van der Waals surface area contributed by atoms with Crippen LogP contribution in [0, 0.1) is 11.8 Å². The number of nitrogens with one attached hydrogen (secondary N) is 1. The first-order valence-corrected chi connectivity index (χ1v) is 11.9. The van der Waals surface area contributed by atoms with Gasteiger partial charge in [-0.2, -0.15) is 0 Å².